The highest BCUT2D eigenvalue weighted by atomic mass is 16.5. The Morgan fingerprint density at radius 2 is 2.36 bits per heavy atom. The fraction of sp³-hybridized carbons (Fsp3) is 0.500. The van der Waals surface area contributed by atoms with E-state index in [9.17, 15) is 4.79 Å². The highest BCUT2D eigenvalue weighted by molar-refractivity contribution is 5.70. The second kappa shape index (κ2) is 4.81. The van der Waals surface area contributed by atoms with Crippen molar-refractivity contribution < 1.29 is 13.9 Å². The third kappa shape index (κ3) is 2.60. The lowest BCUT2D eigenvalue weighted by Gasteiger charge is -2.09. The van der Waals surface area contributed by atoms with Gasteiger partial charge in [0.25, 0.3) is 0 Å². The molecule has 14 heavy (non-hydrogen) atoms. The zero-order chi connectivity index (χ0) is 10.6. The predicted octanol–water partition coefficient (Wildman–Crippen LogP) is 1.19. The summed E-state index contributed by atoms with van der Waals surface area (Å²) in [7, 11) is 1.36. The maximum absolute atomic E-state index is 11.0. The van der Waals surface area contributed by atoms with Crippen molar-refractivity contribution in [2.75, 3.05) is 13.7 Å². The first-order valence-electron chi connectivity index (χ1n) is 4.50. The smallest absolute Gasteiger partial charge is 0.306 e. The van der Waals surface area contributed by atoms with Gasteiger partial charge >= 0.3 is 5.97 Å². The van der Waals surface area contributed by atoms with Gasteiger partial charge in [0, 0.05) is 12.5 Å². The molecule has 0 fully saturated rings. The van der Waals surface area contributed by atoms with Gasteiger partial charge in [-0.25, -0.2) is 0 Å². The number of carbonyl (C=O) groups is 1. The lowest BCUT2D eigenvalue weighted by molar-refractivity contribution is -0.141. The number of hydrogen-bond acceptors (Lipinski definition) is 4. The number of aryl methyl sites for hydroxylation is 1. The van der Waals surface area contributed by atoms with Gasteiger partial charge in [-0.3, -0.25) is 4.79 Å². The maximum Gasteiger partial charge on any atom is 0.306 e. The molecule has 0 saturated heterocycles. The molecular formula is C10H15NO3. The van der Waals surface area contributed by atoms with Crippen LogP contribution in [0.4, 0.5) is 0 Å². The van der Waals surface area contributed by atoms with Crippen LogP contribution >= 0.6 is 0 Å². The molecule has 0 saturated carbocycles. The van der Waals surface area contributed by atoms with Crippen molar-refractivity contribution in [3.8, 4) is 0 Å². The van der Waals surface area contributed by atoms with E-state index in [0.717, 1.165) is 11.5 Å². The van der Waals surface area contributed by atoms with Crippen LogP contribution in [0.3, 0.4) is 0 Å². The molecule has 1 atom stereocenters. The Kier molecular flexibility index (Phi) is 3.71. The monoisotopic (exact) mass is 197 g/mol. The number of rotatable bonds is 4. The Labute approximate surface area is 83.0 Å². The normalized spacial score (nSPS) is 12.5. The van der Waals surface area contributed by atoms with Crippen LogP contribution in [-0.2, 0) is 9.53 Å². The summed E-state index contributed by atoms with van der Waals surface area (Å²) in [6.07, 6.45) is 0.264. The van der Waals surface area contributed by atoms with Crippen LogP contribution in [0.2, 0.25) is 0 Å². The van der Waals surface area contributed by atoms with Crippen molar-refractivity contribution in [1.29, 1.82) is 0 Å². The summed E-state index contributed by atoms with van der Waals surface area (Å²) < 4.78 is 9.97. The fourth-order valence-electron chi connectivity index (χ4n) is 1.26. The zero-order valence-electron chi connectivity index (χ0n) is 8.45. The highest BCUT2D eigenvalue weighted by Crippen LogP contribution is 2.21. The van der Waals surface area contributed by atoms with Gasteiger partial charge in [-0.2, -0.15) is 0 Å². The predicted molar refractivity (Wildman–Crippen MR) is 51.9 cm³/mol. The Hall–Kier alpha value is -1.29. The minimum atomic E-state index is -0.269. The molecule has 0 bridgehead atoms. The molecule has 4 heteroatoms. The van der Waals surface area contributed by atoms with Gasteiger partial charge in [0.1, 0.15) is 11.5 Å². The summed E-state index contributed by atoms with van der Waals surface area (Å²) in [6, 6.07) is 3.70. The number of furan rings is 1. The summed E-state index contributed by atoms with van der Waals surface area (Å²) in [5.41, 5.74) is 5.55. The van der Waals surface area contributed by atoms with E-state index in [-0.39, 0.29) is 18.3 Å². The quantitative estimate of drug-likeness (QED) is 0.736. The number of esters is 1. The van der Waals surface area contributed by atoms with Gasteiger partial charge in [-0.15, -0.1) is 0 Å². The van der Waals surface area contributed by atoms with E-state index in [1.54, 1.807) is 0 Å². The van der Waals surface area contributed by atoms with Gasteiger partial charge < -0.3 is 14.9 Å². The third-order valence-corrected chi connectivity index (χ3v) is 2.09. The topological polar surface area (TPSA) is 65.5 Å². The molecule has 1 aromatic rings. The van der Waals surface area contributed by atoms with E-state index >= 15 is 0 Å². The maximum atomic E-state index is 11.0. The molecule has 1 unspecified atom stereocenters. The van der Waals surface area contributed by atoms with E-state index in [4.69, 9.17) is 10.2 Å². The van der Waals surface area contributed by atoms with Crippen LogP contribution in [0.5, 0.6) is 0 Å². The minimum Gasteiger partial charge on any atom is -0.469 e. The van der Waals surface area contributed by atoms with Crippen LogP contribution < -0.4 is 5.73 Å². The molecule has 0 amide bonds. The molecule has 1 heterocycles. The van der Waals surface area contributed by atoms with E-state index in [1.165, 1.54) is 7.11 Å². The van der Waals surface area contributed by atoms with E-state index < -0.39 is 0 Å². The van der Waals surface area contributed by atoms with Crippen molar-refractivity contribution in [1.82, 2.24) is 0 Å². The van der Waals surface area contributed by atoms with Crippen molar-refractivity contribution >= 4 is 5.97 Å². The van der Waals surface area contributed by atoms with E-state index in [0.29, 0.717) is 6.54 Å². The molecule has 4 nitrogen and oxygen atoms in total. The standard InChI is InChI=1S/C10H15NO3/c1-7-3-4-9(14-7)8(6-11)5-10(12)13-2/h3-4,8H,5-6,11H2,1-2H3. The highest BCUT2D eigenvalue weighted by Gasteiger charge is 2.17. The number of methoxy groups -OCH3 is 1. The number of carbonyl (C=O) groups excluding carboxylic acids is 1. The second-order valence-corrected chi connectivity index (χ2v) is 3.16. The lowest BCUT2D eigenvalue weighted by Crippen LogP contribution is -2.16. The second-order valence-electron chi connectivity index (χ2n) is 3.16. The average Bonchev–Trinajstić information content (AvgIpc) is 2.60. The van der Waals surface area contributed by atoms with Crippen molar-refractivity contribution in [2.24, 2.45) is 5.73 Å². The molecule has 1 aromatic heterocycles. The Morgan fingerprint density at radius 3 is 2.79 bits per heavy atom. The molecule has 0 radical (unpaired) electrons. The molecule has 1 rings (SSSR count). The number of nitrogens with two attached hydrogens (primary N) is 1. The Morgan fingerprint density at radius 1 is 1.64 bits per heavy atom. The van der Waals surface area contributed by atoms with E-state index in [2.05, 4.69) is 4.74 Å². The number of hydrogen-bond donors (Lipinski definition) is 1. The van der Waals surface area contributed by atoms with E-state index in [1.807, 2.05) is 19.1 Å². The summed E-state index contributed by atoms with van der Waals surface area (Å²) in [4.78, 5) is 11.0. The van der Waals surface area contributed by atoms with Crippen molar-refractivity contribution in [2.45, 2.75) is 19.3 Å². The number of ether oxygens (including phenoxy) is 1. The van der Waals surface area contributed by atoms with Gasteiger partial charge in [0.2, 0.25) is 0 Å². The summed E-state index contributed by atoms with van der Waals surface area (Å²) in [5, 5.41) is 0. The molecule has 78 valence electrons. The van der Waals surface area contributed by atoms with Gasteiger partial charge in [-0.1, -0.05) is 0 Å². The molecule has 2 N–H and O–H groups in total. The van der Waals surface area contributed by atoms with Crippen LogP contribution in [0.1, 0.15) is 23.9 Å². The first kappa shape index (κ1) is 10.8. The lowest BCUT2D eigenvalue weighted by atomic mass is 10.0. The molecule has 0 aliphatic carbocycles. The molecule has 0 aliphatic rings. The summed E-state index contributed by atoms with van der Waals surface area (Å²) in [6.45, 7) is 2.23. The van der Waals surface area contributed by atoms with Gasteiger partial charge in [-0.05, 0) is 19.1 Å². The summed E-state index contributed by atoms with van der Waals surface area (Å²) in [5.74, 6) is 1.21. The largest absolute Gasteiger partial charge is 0.469 e. The average molecular weight is 197 g/mol. The third-order valence-electron chi connectivity index (χ3n) is 2.09. The van der Waals surface area contributed by atoms with Crippen molar-refractivity contribution in [3.63, 3.8) is 0 Å². The Bertz CT molecular complexity index is 306. The van der Waals surface area contributed by atoms with Crippen LogP contribution in [0.25, 0.3) is 0 Å². The summed E-state index contributed by atoms with van der Waals surface area (Å²) >= 11 is 0. The minimum absolute atomic E-state index is 0.0869. The van der Waals surface area contributed by atoms with Crippen molar-refractivity contribution in [3.05, 3.63) is 23.7 Å². The van der Waals surface area contributed by atoms with Crippen LogP contribution in [0, 0.1) is 6.92 Å². The molecule has 0 aromatic carbocycles. The van der Waals surface area contributed by atoms with Gasteiger partial charge in [0.05, 0.1) is 13.5 Å². The van der Waals surface area contributed by atoms with Gasteiger partial charge in [0.15, 0.2) is 0 Å². The SMILES string of the molecule is COC(=O)CC(CN)c1ccc(C)o1. The zero-order valence-corrected chi connectivity index (χ0v) is 8.45. The first-order valence-corrected chi connectivity index (χ1v) is 4.50. The molecule has 0 aliphatic heterocycles. The Balaban J connectivity index is 2.67. The molecule has 0 spiro atoms. The fourth-order valence-corrected chi connectivity index (χ4v) is 1.26. The van der Waals surface area contributed by atoms with Crippen LogP contribution in [-0.4, -0.2) is 19.6 Å². The molecular weight excluding hydrogens is 182 g/mol. The van der Waals surface area contributed by atoms with Crippen LogP contribution in [0.15, 0.2) is 16.5 Å². The first-order chi connectivity index (χ1) is 6.67.